The van der Waals surface area contributed by atoms with Crippen LogP contribution in [-0.4, -0.2) is 27.8 Å². The van der Waals surface area contributed by atoms with E-state index in [9.17, 15) is 8.42 Å². The molecule has 2 N–H and O–H groups in total. The second-order valence-electron chi connectivity index (χ2n) is 4.72. The Morgan fingerprint density at radius 1 is 1.28 bits per heavy atom. The molecule has 0 atom stereocenters. The van der Waals surface area contributed by atoms with Gasteiger partial charge in [0.2, 0.25) is 10.0 Å². The van der Waals surface area contributed by atoms with E-state index in [0.29, 0.717) is 6.54 Å². The highest BCUT2D eigenvalue weighted by Crippen LogP contribution is 2.28. The van der Waals surface area contributed by atoms with Crippen LogP contribution in [0.15, 0.2) is 18.2 Å². The molecular formula is C13H22N2O2S. The molecule has 0 radical (unpaired) electrons. The van der Waals surface area contributed by atoms with E-state index in [1.54, 1.807) is 7.05 Å². The zero-order valence-corrected chi connectivity index (χ0v) is 12.3. The first-order chi connectivity index (χ1) is 8.37. The predicted octanol–water partition coefficient (Wildman–Crippen LogP) is 2.08. The molecule has 0 saturated heterocycles. The van der Waals surface area contributed by atoms with Gasteiger partial charge in [0.25, 0.3) is 0 Å². The zero-order valence-electron chi connectivity index (χ0n) is 11.4. The van der Waals surface area contributed by atoms with E-state index in [1.165, 1.54) is 0 Å². The zero-order chi connectivity index (χ0) is 13.8. The number of hydrogen-bond acceptors (Lipinski definition) is 3. The molecule has 0 aromatic heterocycles. The van der Waals surface area contributed by atoms with Crippen molar-refractivity contribution in [1.29, 1.82) is 0 Å². The maximum Gasteiger partial charge on any atom is 0.233 e. The maximum atomic E-state index is 11.9. The van der Waals surface area contributed by atoms with Crippen molar-refractivity contribution in [1.82, 2.24) is 5.32 Å². The van der Waals surface area contributed by atoms with Crippen molar-refractivity contribution in [2.45, 2.75) is 26.7 Å². The molecule has 0 saturated carbocycles. The number of anilines is 1. The molecule has 0 heterocycles. The summed E-state index contributed by atoms with van der Waals surface area (Å²) in [6.07, 6.45) is 0. The van der Waals surface area contributed by atoms with Gasteiger partial charge in [0.05, 0.1) is 11.4 Å². The molecule has 1 aromatic rings. The number of aryl methyl sites for hydroxylation is 1. The molecule has 5 heteroatoms. The Balaban J connectivity index is 3.03. The van der Waals surface area contributed by atoms with E-state index in [4.69, 9.17) is 0 Å². The molecule has 102 valence electrons. The molecule has 0 unspecified atom stereocenters. The highest BCUT2D eigenvalue weighted by molar-refractivity contribution is 7.92. The lowest BCUT2D eigenvalue weighted by atomic mass is 9.99. The van der Waals surface area contributed by atoms with Gasteiger partial charge in [0.1, 0.15) is 0 Å². The maximum absolute atomic E-state index is 11.9. The normalized spacial score (nSPS) is 11.8. The van der Waals surface area contributed by atoms with Gasteiger partial charge in [-0.15, -0.1) is 0 Å². The monoisotopic (exact) mass is 270 g/mol. The highest BCUT2D eigenvalue weighted by Gasteiger charge is 2.15. The van der Waals surface area contributed by atoms with Gasteiger partial charge in [0, 0.05) is 6.54 Å². The third kappa shape index (κ3) is 3.99. The second-order valence-corrected chi connectivity index (χ2v) is 6.56. The van der Waals surface area contributed by atoms with Crippen LogP contribution >= 0.6 is 0 Å². The molecule has 0 amide bonds. The third-order valence-corrected chi connectivity index (χ3v) is 4.06. The second kappa shape index (κ2) is 6.20. The fourth-order valence-corrected chi connectivity index (χ4v) is 2.92. The molecule has 18 heavy (non-hydrogen) atoms. The van der Waals surface area contributed by atoms with Crippen LogP contribution in [0.25, 0.3) is 0 Å². The first-order valence-corrected chi connectivity index (χ1v) is 7.77. The largest absolute Gasteiger partial charge is 0.319 e. The van der Waals surface area contributed by atoms with Crippen molar-refractivity contribution >= 4 is 15.7 Å². The van der Waals surface area contributed by atoms with Gasteiger partial charge in [-0.05, 0) is 31.0 Å². The average Bonchev–Trinajstić information content (AvgIpc) is 2.28. The summed E-state index contributed by atoms with van der Waals surface area (Å²) in [4.78, 5) is 0. The van der Waals surface area contributed by atoms with Crippen LogP contribution < -0.4 is 10.0 Å². The average molecular weight is 270 g/mol. The van der Waals surface area contributed by atoms with Crippen LogP contribution in [0.3, 0.4) is 0 Å². The standard InChI is InChI=1S/C13H22N2O2S/c1-10(2)12-7-5-6-11(3)13(12)15-18(16,17)9-8-14-4/h5-7,10,14-15H,8-9H2,1-4H3. The lowest BCUT2D eigenvalue weighted by Gasteiger charge is -2.17. The van der Waals surface area contributed by atoms with Gasteiger partial charge in [0.15, 0.2) is 0 Å². The molecule has 0 bridgehead atoms. The fourth-order valence-electron chi connectivity index (χ4n) is 1.75. The topological polar surface area (TPSA) is 58.2 Å². The van der Waals surface area contributed by atoms with Crippen LogP contribution in [0.4, 0.5) is 5.69 Å². The first kappa shape index (κ1) is 15.0. The molecule has 0 aliphatic heterocycles. The number of nitrogens with one attached hydrogen (secondary N) is 2. The number of para-hydroxylation sites is 1. The molecule has 0 aliphatic carbocycles. The minimum atomic E-state index is -3.29. The summed E-state index contributed by atoms with van der Waals surface area (Å²) in [5, 5.41) is 2.84. The Kier molecular flexibility index (Phi) is 5.16. The number of rotatable bonds is 6. The van der Waals surface area contributed by atoms with E-state index in [0.717, 1.165) is 16.8 Å². The quantitative estimate of drug-likeness (QED) is 0.832. The number of benzene rings is 1. The van der Waals surface area contributed by atoms with Gasteiger partial charge >= 0.3 is 0 Å². The van der Waals surface area contributed by atoms with E-state index in [2.05, 4.69) is 23.9 Å². The predicted molar refractivity (Wildman–Crippen MR) is 76.6 cm³/mol. The Labute approximate surface area is 110 Å². The summed E-state index contributed by atoms with van der Waals surface area (Å²) in [6, 6.07) is 5.84. The summed E-state index contributed by atoms with van der Waals surface area (Å²) in [5.41, 5.74) is 2.71. The lowest BCUT2D eigenvalue weighted by Crippen LogP contribution is -2.25. The minimum Gasteiger partial charge on any atom is -0.319 e. The van der Waals surface area contributed by atoms with Gasteiger partial charge in [-0.25, -0.2) is 8.42 Å². The van der Waals surface area contributed by atoms with Crippen LogP contribution in [0.5, 0.6) is 0 Å². The Bertz CT molecular complexity index is 496. The molecule has 4 nitrogen and oxygen atoms in total. The summed E-state index contributed by atoms with van der Waals surface area (Å²) >= 11 is 0. The number of sulfonamides is 1. The highest BCUT2D eigenvalue weighted by atomic mass is 32.2. The summed E-state index contributed by atoms with van der Waals surface area (Å²) in [5.74, 6) is 0.363. The molecule has 1 aromatic carbocycles. The smallest absolute Gasteiger partial charge is 0.233 e. The van der Waals surface area contributed by atoms with Crippen molar-refractivity contribution in [2.75, 3.05) is 24.1 Å². The Hall–Kier alpha value is -1.07. The van der Waals surface area contributed by atoms with Gasteiger partial charge < -0.3 is 5.32 Å². The van der Waals surface area contributed by atoms with Crippen molar-refractivity contribution in [3.05, 3.63) is 29.3 Å². The van der Waals surface area contributed by atoms with Crippen molar-refractivity contribution in [3.63, 3.8) is 0 Å². The summed E-state index contributed by atoms with van der Waals surface area (Å²) in [6.45, 7) is 6.47. The molecule has 0 aliphatic rings. The van der Waals surface area contributed by atoms with Crippen LogP contribution in [0, 0.1) is 6.92 Å². The Morgan fingerprint density at radius 3 is 2.50 bits per heavy atom. The summed E-state index contributed by atoms with van der Waals surface area (Å²) < 4.78 is 26.6. The van der Waals surface area contributed by atoms with Gasteiger partial charge in [-0.2, -0.15) is 0 Å². The van der Waals surface area contributed by atoms with E-state index < -0.39 is 10.0 Å². The minimum absolute atomic E-state index is 0.0787. The SMILES string of the molecule is CNCCS(=O)(=O)Nc1c(C)cccc1C(C)C. The van der Waals surface area contributed by atoms with Crippen molar-refractivity contribution in [2.24, 2.45) is 0 Å². The van der Waals surface area contributed by atoms with E-state index in [-0.39, 0.29) is 11.7 Å². The Morgan fingerprint density at radius 2 is 1.94 bits per heavy atom. The van der Waals surface area contributed by atoms with Gasteiger partial charge in [-0.3, -0.25) is 4.72 Å². The lowest BCUT2D eigenvalue weighted by molar-refractivity contribution is 0.598. The van der Waals surface area contributed by atoms with E-state index >= 15 is 0 Å². The summed E-state index contributed by atoms with van der Waals surface area (Å²) in [7, 11) is -1.55. The molecule has 0 spiro atoms. The van der Waals surface area contributed by atoms with Crippen molar-refractivity contribution < 1.29 is 8.42 Å². The van der Waals surface area contributed by atoms with Gasteiger partial charge in [-0.1, -0.05) is 32.0 Å². The van der Waals surface area contributed by atoms with Crippen LogP contribution in [0.2, 0.25) is 0 Å². The first-order valence-electron chi connectivity index (χ1n) is 6.12. The number of hydrogen-bond donors (Lipinski definition) is 2. The third-order valence-electron chi connectivity index (χ3n) is 2.81. The molecule has 1 rings (SSSR count). The van der Waals surface area contributed by atoms with E-state index in [1.807, 2.05) is 25.1 Å². The van der Waals surface area contributed by atoms with Crippen molar-refractivity contribution in [3.8, 4) is 0 Å². The molecule has 0 fully saturated rings. The fraction of sp³-hybridized carbons (Fsp3) is 0.538. The molecular weight excluding hydrogens is 248 g/mol. The van der Waals surface area contributed by atoms with Crippen LogP contribution in [0.1, 0.15) is 30.9 Å². The van der Waals surface area contributed by atoms with Crippen LogP contribution in [-0.2, 0) is 10.0 Å².